The van der Waals surface area contributed by atoms with Crippen LogP contribution < -0.4 is 9.80 Å². The third-order valence-corrected chi connectivity index (χ3v) is 8.56. The second kappa shape index (κ2) is 6.34. The third kappa shape index (κ3) is 2.18. The predicted octanol–water partition coefficient (Wildman–Crippen LogP) is 2.07. The molecule has 0 radical (unpaired) electrons. The van der Waals surface area contributed by atoms with Gasteiger partial charge in [-0.15, -0.1) is 0 Å². The zero-order valence-electron chi connectivity index (χ0n) is 17.8. The number of rotatable bonds is 2. The quantitative estimate of drug-likeness (QED) is 0.528. The number of amides is 4. The number of carbonyl (C=O) groups is 4. The summed E-state index contributed by atoms with van der Waals surface area (Å²) in [5, 5.41) is 19.2. The van der Waals surface area contributed by atoms with E-state index in [1.54, 1.807) is 24.3 Å². The highest BCUT2D eigenvalue weighted by atomic mass is 16.3. The van der Waals surface area contributed by atoms with Crippen LogP contribution in [0.1, 0.15) is 0 Å². The van der Waals surface area contributed by atoms with Crippen LogP contribution in [-0.4, -0.2) is 33.8 Å². The number of nitrogens with zero attached hydrogens (tertiary/aromatic N) is 2. The van der Waals surface area contributed by atoms with Gasteiger partial charge in [-0.1, -0.05) is 12.2 Å². The monoisotopic (exact) mass is 456 g/mol. The number of carbonyl (C=O) groups excluding carboxylic acids is 4. The van der Waals surface area contributed by atoms with Crippen molar-refractivity contribution < 1.29 is 29.4 Å². The van der Waals surface area contributed by atoms with E-state index in [1.807, 2.05) is 12.2 Å². The number of phenolic OH excluding ortho intramolecular Hbond substituents is 2. The number of phenols is 2. The molecule has 8 heteroatoms. The van der Waals surface area contributed by atoms with Crippen molar-refractivity contribution in [1.82, 2.24) is 0 Å². The first-order valence-electron chi connectivity index (χ1n) is 11.4. The van der Waals surface area contributed by atoms with E-state index in [0.717, 1.165) is 0 Å². The van der Waals surface area contributed by atoms with Crippen molar-refractivity contribution in [3.05, 3.63) is 60.7 Å². The highest BCUT2D eigenvalue weighted by Crippen LogP contribution is 2.68. The fourth-order valence-corrected chi connectivity index (χ4v) is 7.31. The summed E-state index contributed by atoms with van der Waals surface area (Å²) in [6.45, 7) is 0. The van der Waals surface area contributed by atoms with Gasteiger partial charge >= 0.3 is 0 Å². The fourth-order valence-electron chi connectivity index (χ4n) is 7.31. The van der Waals surface area contributed by atoms with Crippen molar-refractivity contribution >= 4 is 35.0 Å². The minimum absolute atomic E-state index is 0.0445. The summed E-state index contributed by atoms with van der Waals surface area (Å²) >= 11 is 0. The van der Waals surface area contributed by atoms with Crippen LogP contribution in [0.5, 0.6) is 11.5 Å². The van der Waals surface area contributed by atoms with Gasteiger partial charge < -0.3 is 10.2 Å². The molecule has 2 aliphatic heterocycles. The van der Waals surface area contributed by atoms with Gasteiger partial charge in [-0.3, -0.25) is 29.0 Å². The van der Waals surface area contributed by atoms with Gasteiger partial charge in [0, 0.05) is 0 Å². The number of benzene rings is 2. The van der Waals surface area contributed by atoms with Gasteiger partial charge in [0.25, 0.3) is 0 Å². The van der Waals surface area contributed by atoms with E-state index >= 15 is 0 Å². The zero-order valence-corrected chi connectivity index (χ0v) is 17.8. The van der Waals surface area contributed by atoms with E-state index in [-0.39, 0.29) is 58.8 Å². The molecule has 8 nitrogen and oxygen atoms in total. The minimum atomic E-state index is -0.552. The first-order chi connectivity index (χ1) is 16.4. The molecule has 2 bridgehead atoms. The van der Waals surface area contributed by atoms with E-state index < -0.39 is 23.7 Å². The SMILES string of the molecule is O=C1[C@@H]2[C@@H]3C=C[C@@H]([C@H]2C(=O)N1c1ccc(O)cc1)[C@H]1[C@H]2C(=O)N(c4ccc(O)cc4)C(=O)[C@@H]2[C@H]31. The van der Waals surface area contributed by atoms with Crippen molar-refractivity contribution in [2.75, 3.05) is 9.80 Å². The van der Waals surface area contributed by atoms with Gasteiger partial charge in [0.15, 0.2) is 0 Å². The van der Waals surface area contributed by atoms with Crippen LogP contribution in [-0.2, 0) is 19.2 Å². The minimum Gasteiger partial charge on any atom is -0.508 e. The number of imide groups is 2. The van der Waals surface area contributed by atoms with E-state index in [4.69, 9.17) is 0 Å². The molecule has 2 saturated carbocycles. The van der Waals surface area contributed by atoms with Gasteiger partial charge in [0.1, 0.15) is 11.5 Å². The molecule has 8 rings (SSSR count). The van der Waals surface area contributed by atoms with Crippen molar-refractivity contribution in [3.8, 4) is 11.5 Å². The Morgan fingerprint density at radius 3 is 1.18 bits per heavy atom. The Bertz CT molecular complexity index is 1260. The van der Waals surface area contributed by atoms with E-state index in [1.165, 1.54) is 34.1 Å². The van der Waals surface area contributed by atoms with Crippen molar-refractivity contribution in [3.63, 3.8) is 0 Å². The van der Waals surface area contributed by atoms with Gasteiger partial charge in [0.2, 0.25) is 23.6 Å². The van der Waals surface area contributed by atoms with Gasteiger partial charge in [-0.25, -0.2) is 0 Å². The molecule has 0 spiro atoms. The van der Waals surface area contributed by atoms with Gasteiger partial charge in [-0.2, -0.15) is 0 Å². The average Bonchev–Trinajstić information content (AvgIpc) is 3.19. The summed E-state index contributed by atoms with van der Waals surface area (Å²) in [7, 11) is 0. The van der Waals surface area contributed by atoms with Crippen LogP contribution in [0.3, 0.4) is 0 Å². The van der Waals surface area contributed by atoms with Crippen LogP contribution >= 0.6 is 0 Å². The molecule has 170 valence electrons. The normalized spacial score (nSPS) is 37.1. The lowest BCUT2D eigenvalue weighted by Crippen LogP contribution is -2.63. The molecule has 2 N–H and O–H groups in total. The first-order valence-corrected chi connectivity index (χ1v) is 11.4. The lowest BCUT2D eigenvalue weighted by molar-refractivity contribution is -0.166. The number of hydrogen-bond donors (Lipinski definition) is 2. The summed E-state index contributed by atoms with van der Waals surface area (Å²) in [6, 6.07) is 11.9. The molecule has 0 aromatic heterocycles. The third-order valence-electron chi connectivity index (χ3n) is 8.56. The highest BCUT2D eigenvalue weighted by Gasteiger charge is 2.75. The molecule has 2 aromatic carbocycles. The summed E-state index contributed by atoms with van der Waals surface area (Å²) in [6.07, 6.45) is 3.94. The Morgan fingerprint density at radius 1 is 0.500 bits per heavy atom. The maximum atomic E-state index is 13.5. The van der Waals surface area contributed by atoms with Crippen molar-refractivity contribution in [2.45, 2.75) is 0 Å². The van der Waals surface area contributed by atoms with E-state index in [9.17, 15) is 29.4 Å². The first kappa shape index (κ1) is 19.5. The summed E-state index contributed by atoms with van der Waals surface area (Å²) in [5.74, 6) is -4.01. The fraction of sp³-hybridized carbons (Fsp3) is 0.308. The highest BCUT2D eigenvalue weighted by molar-refractivity contribution is 6.25. The van der Waals surface area contributed by atoms with Gasteiger partial charge in [0.05, 0.1) is 35.0 Å². The zero-order chi connectivity index (χ0) is 23.5. The Hall–Kier alpha value is -3.94. The van der Waals surface area contributed by atoms with Gasteiger partial charge in [-0.05, 0) is 72.2 Å². The second-order valence-corrected chi connectivity index (χ2v) is 9.85. The Balaban J connectivity index is 1.25. The summed E-state index contributed by atoms with van der Waals surface area (Å²) < 4.78 is 0. The van der Waals surface area contributed by atoms with Crippen molar-refractivity contribution in [1.29, 1.82) is 0 Å². The molecule has 2 heterocycles. The maximum Gasteiger partial charge on any atom is 0.238 e. The molecule has 2 aromatic rings. The molecule has 0 unspecified atom stereocenters. The Morgan fingerprint density at radius 2 is 0.824 bits per heavy atom. The van der Waals surface area contributed by atoms with Crippen molar-refractivity contribution in [2.24, 2.45) is 47.3 Å². The lowest BCUT2D eigenvalue weighted by Gasteiger charge is -2.60. The standard InChI is InChI=1S/C26H20N2O6/c29-13-5-1-11(2-6-13)27-23(31)19-15-9-10-16(20(19)24(27)32)18-17(15)21-22(18)26(34)28(25(21)33)12-3-7-14(30)8-4-12/h1-10,15-22,29-30H/t15-,16-,17-,18-,19-,20-,21-,22-/m1/s1. The molecular formula is C26H20N2O6. The predicted molar refractivity (Wildman–Crippen MR) is 118 cm³/mol. The number of anilines is 2. The smallest absolute Gasteiger partial charge is 0.238 e. The molecule has 8 atom stereocenters. The Kier molecular flexibility index (Phi) is 3.64. The molecule has 4 aliphatic carbocycles. The largest absolute Gasteiger partial charge is 0.508 e. The molecule has 4 fully saturated rings. The van der Waals surface area contributed by atoms with Crippen LogP contribution in [0.25, 0.3) is 0 Å². The molecule has 4 amide bonds. The Labute approximate surface area is 194 Å². The molecule has 2 saturated heterocycles. The molecule has 6 aliphatic rings. The summed E-state index contributed by atoms with van der Waals surface area (Å²) in [5.41, 5.74) is 0.838. The lowest BCUT2D eigenvalue weighted by atomic mass is 9.40. The van der Waals surface area contributed by atoms with Crippen LogP contribution in [0.4, 0.5) is 11.4 Å². The van der Waals surface area contributed by atoms with Crippen LogP contribution in [0, 0.1) is 47.3 Å². The van der Waals surface area contributed by atoms with Crippen LogP contribution in [0.2, 0.25) is 0 Å². The maximum absolute atomic E-state index is 13.5. The van der Waals surface area contributed by atoms with Crippen LogP contribution in [0.15, 0.2) is 60.7 Å². The average molecular weight is 456 g/mol. The molecular weight excluding hydrogens is 436 g/mol. The second-order valence-electron chi connectivity index (χ2n) is 9.85. The number of fused-ring (bicyclic) bond motifs is 1. The number of allylic oxidation sites excluding steroid dienone is 2. The topological polar surface area (TPSA) is 115 Å². The number of aromatic hydroxyl groups is 2. The summed E-state index contributed by atoms with van der Waals surface area (Å²) in [4.78, 5) is 56.1. The number of hydrogen-bond acceptors (Lipinski definition) is 6. The van der Waals surface area contributed by atoms with E-state index in [2.05, 4.69) is 0 Å². The molecule has 34 heavy (non-hydrogen) atoms. The van der Waals surface area contributed by atoms with E-state index in [0.29, 0.717) is 11.4 Å².